The monoisotopic (exact) mass is 667 g/mol. The molecule has 0 N–H and O–H groups in total. The second kappa shape index (κ2) is 11.7. The molecule has 1 aliphatic carbocycles. The van der Waals surface area contributed by atoms with E-state index < -0.39 is 0 Å². The predicted molar refractivity (Wildman–Crippen MR) is 211 cm³/mol. The van der Waals surface area contributed by atoms with Gasteiger partial charge in [-0.25, -0.2) is 9.97 Å². The summed E-state index contributed by atoms with van der Waals surface area (Å²) < 4.78 is 2.27. The van der Waals surface area contributed by atoms with Crippen LogP contribution in [0.25, 0.3) is 84.2 Å². The lowest BCUT2D eigenvalue weighted by Gasteiger charge is -2.23. The van der Waals surface area contributed by atoms with Crippen LogP contribution in [0.2, 0.25) is 0 Å². The lowest BCUT2D eigenvalue weighted by Crippen LogP contribution is -2.17. The predicted octanol–water partition coefficient (Wildman–Crippen LogP) is 11.3. The number of aromatic nitrogens is 5. The van der Waals surface area contributed by atoms with Crippen LogP contribution >= 0.6 is 0 Å². The SMILES string of the molecule is CC1(C)c2ccccc2-c2ccc3c4ccccc4n(-c4nc(-c5ccccc5)nc(-c5ccc(-c6cccc(-c7ccccc7)n6)cc5)n4)c3c21. The zero-order valence-electron chi connectivity index (χ0n) is 28.8. The topological polar surface area (TPSA) is 56.5 Å². The first-order valence-electron chi connectivity index (χ1n) is 17.7. The normalized spacial score (nSPS) is 13.0. The second-order valence-corrected chi connectivity index (χ2v) is 13.9. The minimum atomic E-state index is -0.225. The minimum Gasteiger partial charge on any atom is -0.277 e. The fourth-order valence-electron chi connectivity index (χ4n) is 7.99. The fraction of sp³-hybridized carbons (Fsp3) is 0.0638. The van der Waals surface area contributed by atoms with Crippen LogP contribution in [0.1, 0.15) is 25.0 Å². The summed E-state index contributed by atoms with van der Waals surface area (Å²) in [4.78, 5) is 20.6. The standard InChI is InChI=1S/C47H33N5/c1-47(2)38-20-11-9-18-34(38)36-28-29-37-35-19-10-12-23-41(35)52(43(37)42(36)47)46-50-44(32-16-7-4-8-17-32)49-45(51-46)33-26-24-31(25-27-33)40-22-13-21-39(48-40)30-14-5-3-6-15-30/h3-29H,1-2H3. The van der Waals surface area contributed by atoms with Gasteiger partial charge in [0.1, 0.15) is 0 Å². The summed E-state index contributed by atoms with van der Waals surface area (Å²) in [5.74, 6) is 1.84. The van der Waals surface area contributed by atoms with Crippen molar-refractivity contribution in [3.8, 4) is 62.4 Å². The third-order valence-electron chi connectivity index (χ3n) is 10.5. The molecule has 3 heterocycles. The summed E-state index contributed by atoms with van der Waals surface area (Å²) in [6, 6.07) is 56.9. The first-order valence-corrected chi connectivity index (χ1v) is 17.7. The Morgan fingerprint density at radius 2 is 1.00 bits per heavy atom. The van der Waals surface area contributed by atoms with Crippen molar-refractivity contribution < 1.29 is 0 Å². The Morgan fingerprint density at radius 3 is 1.73 bits per heavy atom. The molecule has 52 heavy (non-hydrogen) atoms. The number of fused-ring (bicyclic) bond motifs is 7. The molecule has 0 aliphatic heterocycles. The van der Waals surface area contributed by atoms with Gasteiger partial charge in [-0.15, -0.1) is 0 Å². The van der Waals surface area contributed by atoms with Crippen molar-refractivity contribution in [1.82, 2.24) is 24.5 Å². The molecule has 5 heteroatoms. The summed E-state index contributed by atoms with van der Waals surface area (Å²) in [6.45, 7) is 4.67. The van der Waals surface area contributed by atoms with Crippen LogP contribution in [0.5, 0.6) is 0 Å². The molecule has 0 fully saturated rings. The van der Waals surface area contributed by atoms with Crippen LogP contribution in [0.15, 0.2) is 164 Å². The molecule has 0 bridgehead atoms. The Kier molecular flexibility index (Phi) is 6.77. The fourth-order valence-corrected chi connectivity index (χ4v) is 7.99. The molecular weight excluding hydrogens is 635 g/mol. The van der Waals surface area contributed by atoms with Gasteiger partial charge in [0.2, 0.25) is 5.95 Å². The van der Waals surface area contributed by atoms with Gasteiger partial charge in [-0.3, -0.25) is 4.57 Å². The number of hydrogen-bond donors (Lipinski definition) is 0. The average molecular weight is 668 g/mol. The molecular formula is C47H33N5. The van der Waals surface area contributed by atoms with Crippen LogP contribution < -0.4 is 0 Å². The third-order valence-corrected chi connectivity index (χ3v) is 10.5. The highest BCUT2D eigenvalue weighted by Crippen LogP contribution is 2.52. The number of para-hydroxylation sites is 1. The van der Waals surface area contributed by atoms with E-state index >= 15 is 0 Å². The maximum absolute atomic E-state index is 5.28. The van der Waals surface area contributed by atoms with Gasteiger partial charge in [-0.05, 0) is 40.5 Å². The van der Waals surface area contributed by atoms with Gasteiger partial charge in [0.05, 0.1) is 22.4 Å². The lowest BCUT2D eigenvalue weighted by atomic mass is 9.81. The molecule has 0 unspecified atom stereocenters. The molecule has 246 valence electrons. The second-order valence-electron chi connectivity index (χ2n) is 13.9. The highest BCUT2D eigenvalue weighted by atomic mass is 15.2. The van der Waals surface area contributed by atoms with Gasteiger partial charge in [0.15, 0.2) is 11.6 Å². The van der Waals surface area contributed by atoms with Crippen LogP contribution in [0.4, 0.5) is 0 Å². The molecule has 0 radical (unpaired) electrons. The van der Waals surface area contributed by atoms with E-state index in [1.54, 1.807) is 0 Å². The lowest BCUT2D eigenvalue weighted by molar-refractivity contribution is 0.663. The van der Waals surface area contributed by atoms with Gasteiger partial charge in [-0.2, -0.15) is 9.97 Å². The highest BCUT2D eigenvalue weighted by molar-refractivity contribution is 6.13. The van der Waals surface area contributed by atoms with Crippen molar-refractivity contribution >= 4 is 21.8 Å². The van der Waals surface area contributed by atoms with Crippen molar-refractivity contribution in [3.63, 3.8) is 0 Å². The summed E-state index contributed by atoms with van der Waals surface area (Å²) in [5, 5.41) is 2.36. The van der Waals surface area contributed by atoms with E-state index in [9.17, 15) is 0 Å². The van der Waals surface area contributed by atoms with Crippen LogP contribution in [0.3, 0.4) is 0 Å². The molecule has 9 aromatic rings. The van der Waals surface area contributed by atoms with E-state index in [1.165, 1.54) is 33.0 Å². The number of pyridine rings is 1. The van der Waals surface area contributed by atoms with Crippen molar-refractivity contribution in [3.05, 3.63) is 175 Å². The number of benzene rings is 6. The highest BCUT2D eigenvalue weighted by Gasteiger charge is 2.38. The Morgan fingerprint density at radius 1 is 0.423 bits per heavy atom. The molecule has 0 amide bonds. The molecule has 5 nitrogen and oxygen atoms in total. The summed E-state index contributed by atoms with van der Waals surface area (Å²) in [6.07, 6.45) is 0. The van der Waals surface area contributed by atoms with Crippen LogP contribution in [-0.4, -0.2) is 24.5 Å². The van der Waals surface area contributed by atoms with Gasteiger partial charge in [0, 0.05) is 38.4 Å². The van der Waals surface area contributed by atoms with Crippen LogP contribution in [0, 0.1) is 0 Å². The van der Waals surface area contributed by atoms with E-state index in [0.717, 1.165) is 44.7 Å². The Bertz CT molecular complexity index is 2800. The zero-order chi connectivity index (χ0) is 34.8. The van der Waals surface area contributed by atoms with Gasteiger partial charge < -0.3 is 0 Å². The first-order chi connectivity index (χ1) is 25.5. The van der Waals surface area contributed by atoms with E-state index in [-0.39, 0.29) is 5.41 Å². The molecule has 1 aliphatic rings. The molecule has 0 saturated heterocycles. The first kappa shape index (κ1) is 30.1. The minimum absolute atomic E-state index is 0.225. The van der Waals surface area contributed by atoms with Crippen molar-refractivity contribution in [2.75, 3.05) is 0 Å². The largest absolute Gasteiger partial charge is 0.277 e. The van der Waals surface area contributed by atoms with Crippen molar-refractivity contribution in [2.45, 2.75) is 19.3 Å². The van der Waals surface area contributed by atoms with Crippen molar-refractivity contribution in [1.29, 1.82) is 0 Å². The zero-order valence-corrected chi connectivity index (χ0v) is 28.8. The summed E-state index contributed by atoms with van der Waals surface area (Å²) in [7, 11) is 0. The van der Waals surface area contributed by atoms with Gasteiger partial charge in [0.25, 0.3) is 0 Å². The average Bonchev–Trinajstić information content (AvgIpc) is 3.67. The molecule has 3 aromatic heterocycles. The number of hydrogen-bond acceptors (Lipinski definition) is 4. The smallest absolute Gasteiger partial charge is 0.238 e. The van der Waals surface area contributed by atoms with E-state index in [1.807, 2.05) is 36.4 Å². The van der Waals surface area contributed by atoms with E-state index in [4.69, 9.17) is 19.9 Å². The maximum Gasteiger partial charge on any atom is 0.238 e. The summed E-state index contributed by atoms with van der Waals surface area (Å²) in [5.41, 5.74) is 13.0. The molecule has 6 aromatic carbocycles. The maximum atomic E-state index is 5.28. The summed E-state index contributed by atoms with van der Waals surface area (Å²) >= 11 is 0. The number of rotatable bonds is 5. The van der Waals surface area contributed by atoms with Crippen molar-refractivity contribution in [2.24, 2.45) is 0 Å². The molecule has 0 spiro atoms. The molecule has 0 atom stereocenters. The Labute approximate surface area is 302 Å². The van der Waals surface area contributed by atoms with E-state index in [0.29, 0.717) is 17.6 Å². The molecule has 10 rings (SSSR count). The van der Waals surface area contributed by atoms with Gasteiger partial charge >= 0.3 is 0 Å². The molecule has 0 saturated carbocycles. The number of nitrogens with zero attached hydrogens (tertiary/aromatic N) is 5. The Hall–Kier alpha value is -6.72. The van der Waals surface area contributed by atoms with E-state index in [2.05, 4.69) is 146 Å². The van der Waals surface area contributed by atoms with Gasteiger partial charge in [-0.1, -0.05) is 159 Å². The Balaban J connectivity index is 1.17. The van der Waals surface area contributed by atoms with Crippen LogP contribution in [-0.2, 0) is 5.41 Å². The quantitative estimate of drug-likeness (QED) is 0.183. The third kappa shape index (κ3) is 4.70.